The molecule has 5 nitrogen and oxygen atoms in total. The van der Waals surface area contributed by atoms with Crippen molar-refractivity contribution in [2.45, 2.75) is 31.9 Å². The van der Waals surface area contributed by atoms with Crippen LogP contribution >= 0.6 is 12.4 Å². The van der Waals surface area contributed by atoms with E-state index in [0.29, 0.717) is 17.8 Å². The van der Waals surface area contributed by atoms with Crippen molar-refractivity contribution in [3.8, 4) is 5.75 Å². The molecule has 1 atom stereocenters. The summed E-state index contributed by atoms with van der Waals surface area (Å²) in [6, 6.07) is 6.66. The number of rotatable bonds is 5. The minimum atomic E-state index is -0.397. The number of hydrogen-bond donors (Lipinski definition) is 1. The van der Waals surface area contributed by atoms with Crippen LogP contribution in [0.5, 0.6) is 5.75 Å². The van der Waals surface area contributed by atoms with Crippen molar-refractivity contribution in [1.29, 1.82) is 0 Å². The Labute approximate surface area is 128 Å². The van der Waals surface area contributed by atoms with Crippen LogP contribution in [0.2, 0.25) is 0 Å². The van der Waals surface area contributed by atoms with Gasteiger partial charge in [-0.05, 0) is 31.5 Å². The molecule has 1 aromatic heterocycles. The van der Waals surface area contributed by atoms with Crippen LogP contribution in [0.1, 0.15) is 24.6 Å². The fourth-order valence-electron chi connectivity index (χ4n) is 2.28. The lowest BCUT2D eigenvalue weighted by atomic mass is 10.2. The zero-order chi connectivity index (χ0) is 13.8. The summed E-state index contributed by atoms with van der Waals surface area (Å²) in [6.07, 6.45) is 3.04. The highest BCUT2D eigenvalue weighted by atomic mass is 35.5. The maximum atomic E-state index is 13.4. The molecule has 2 heterocycles. The van der Waals surface area contributed by atoms with E-state index in [0.717, 1.165) is 19.4 Å². The molecule has 0 bridgehead atoms. The summed E-state index contributed by atoms with van der Waals surface area (Å²) in [5, 5.41) is 7.21. The molecule has 3 rings (SSSR count). The molecule has 1 aliphatic rings. The Morgan fingerprint density at radius 1 is 1.38 bits per heavy atom. The molecule has 7 heteroatoms. The maximum absolute atomic E-state index is 13.4. The molecule has 0 amide bonds. The zero-order valence-corrected chi connectivity index (χ0v) is 12.2. The number of nitrogens with zero attached hydrogens (tertiary/aromatic N) is 2. The summed E-state index contributed by atoms with van der Waals surface area (Å²) in [5.74, 6) is 0.820. The molecule has 114 valence electrons. The predicted molar refractivity (Wildman–Crippen MR) is 77.0 cm³/mol. The minimum absolute atomic E-state index is 0. The van der Waals surface area contributed by atoms with Crippen molar-refractivity contribution in [2.24, 2.45) is 0 Å². The SMILES string of the molecule is Cl.Fc1ccccc1OCc1noc(CC2CCCN2)n1. The lowest BCUT2D eigenvalue weighted by molar-refractivity contribution is 0.272. The van der Waals surface area contributed by atoms with Crippen molar-refractivity contribution >= 4 is 12.4 Å². The Kier molecular flexibility index (Phi) is 5.52. The summed E-state index contributed by atoms with van der Waals surface area (Å²) in [5.41, 5.74) is 0. The minimum Gasteiger partial charge on any atom is -0.482 e. The zero-order valence-electron chi connectivity index (χ0n) is 11.4. The second kappa shape index (κ2) is 7.38. The number of benzene rings is 1. The van der Waals surface area contributed by atoms with Gasteiger partial charge in [0.25, 0.3) is 0 Å². The highest BCUT2D eigenvalue weighted by Crippen LogP contribution is 2.17. The van der Waals surface area contributed by atoms with Crippen LogP contribution in [0.15, 0.2) is 28.8 Å². The smallest absolute Gasteiger partial charge is 0.228 e. The van der Waals surface area contributed by atoms with Gasteiger partial charge in [0.05, 0.1) is 0 Å². The molecule has 21 heavy (non-hydrogen) atoms. The lowest BCUT2D eigenvalue weighted by Crippen LogP contribution is -2.23. The van der Waals surface area contributed by atoms with Gasteiger partial charge in [0.1, 0.15) is 0 Å². The first-order valence-corrected chi connectivity index (χ1v) is 6.73. The molecular formula is C14H17ClFN3O2. The van der Waals surface area contributed by atoms with Gasteiger partial charge in [-0.1, -0.05) is 17.3 Å². The van der Waals surface area contributed by atoms with Crippen LogP contribution in [0.25, 0.3) is 0 Å². The molecule has 1 fully saturated rings. The molecule has 0 saturated carbocycles. The molecular weight excluding hydrogens is 297 g/mol. The topological polar surface area (TPSA) is 60.2 Å². The molecule has 1 unspecified atom stereocenters. The van der Waals surface area contributed by atoms with Crippen molar-refractivity contribution < 1.29 is 13.7 Å². The fraction of sp³-hybridized carbons (Fsp3) is 0.429. The molecule has 0 spiro atoms. The van der Waals surface area contributed by atoms with E-state index >= 15 is 0 Å². The second-order valence-corrected chi connectivity index (χ2v) is 4.82. The van der Waals surface area contributed by atoms with E-state index in [1.807, 2.05) is 0 Å². The number of nitrogens with one attached hydrogen (secondary N) is 1. The number of hydrogen-bond acceptors (Lipinski definition) is 5. The van der Waals surface area contributed by atoms with Gasteiger partial charge >= 0.3 is 0 Å². The summed E-state index contributed by atoms with van der Waals surface area (Å²) >= 11 is 0. The number of aromatic nitrogens is 2. The van der Waals surface area contributed by atoms with Gasteiger partial charge in [0.2, 0.25) is 11.7 Å². The first-order chi connectivity index (χ1) is 9.81. The molecule has 0 aliphatic carbocycles. The normalized spacial score (nSPS) is 17.5. The quantitative estimate of drug-likeness (QED) is 0.919. The Morgan fingerprint density at radius 2 is 2.24 bits per heavy atom. The Bertz CT molecular complexity index is 573. The third kappa shape index (κ3) is 4.15. The van der Waals surface area contributed by atoms with E-state index in [2.05, 4.69) is 15.5 Å². The van der Waals surface area contributed by atoms with Crippen LogP contribution in [-0.2, 0) is 13.0 Å². The summed E-state index contributed by atoms with van der Waals surface area (Å²) in [4.78, 5) is 4.25. The molecule has 1 aliphatic heterocycles. The Balaban J connectivity index is 0.00000161. The number of halogens is 2. The largest absolute Gasteiger partial charge is 0.482 e. The first kappa shape index (κ1) is 15.7. The molecule has 2 aromatic rings. The van der Waals surface area contributed by atoms with E-state index in [1.54, 1.807) is 18.2 Å². The van der Waals surface area contributed by atoms with Crippen LogP contribution < -0.4 is 10.1 Å². The van der Waals surface area contributed by atoms with Crippen LogP contribution in [0, 0.1) is 5.82 Å². The van der Waals surface area contributed by atoms with Gasteiger partial charge in [0, 0.05) is 12.5 Å². The van der Waals surface area contributed by atoms with Gasteiger partial charge in [-0.2, -0.15) is 4.98 Å². The van der Waals surface area contributed by atoms with Gasteiger partial charge < -0.3 is 14.6 Å². The summed E-state index contributed by atoms with van der Waals surface area (Å²) < 4.78 is 23.9. The van der Waals surface area contributed by atoms with Crippen molar-refractivity contribution in [2.75, 3.05) is 6.54 Å². The van der Waals surface area contributed by atoms with Crippen molar-refractivity contribution in [3.05, 3.63) is 41.8 Å². The highest BCUT2D eigenvalue weighted by molar-refractivity contribution is 5.85. The Hall–Kier alpha value is -1.66. The number of ether oxygens (including phenoxy) is 1. The highest BCUT2D eigenvalue weighted by Gasteiger charge is 2.18. The van der Waals surface area contributed by atoms with E-state index in [4.69, 9.17) is 9.26 Å². The summed E-state index contributed by atoms with van der Waals surface area (Å²) in [7, 11) is 0. The fourth-order valence-corrected chi connectivity index (χ4v) is 2.28. The molecule has 0 radical (unpaired) electrons. The third-order valence-electron chi connectivity index (χ3n) is 3.29. The second-order valence-electron chi connectivity index (χ2n) is 4.82. The summed E-state index contributed by atoms with van der Waals surface area (Å²) in [6.45, 7) is 1.14. The average molecular weight is 314 g/mol. The van der Waals surface area contributed by atoms with E-state index in [-0.39, 0.29) is 24.8 Å². The third-order valence-corrected chi connectivity index (χ3v) is 3.29. The molecule has 1 N–H and O–H groups in total. The lowest BCUT2D eigenvalue weighted by Gasteiger charge is -2.05. The van der Waals surface area contributed by atoms with Crippen molar-refractivity contribution in [3.63, 3.8) is 0 Å². The maximum Gasteiger partial charge on any atom is 0.228 e. The van der Waals surface area contributed by atoms with E-state index in [1.165, 1.54) is 12.5 Å². The van der Waals surface area contributed by atoms with Gasteiger partial charge in [0.15, 0.2) is 18.2 Å². The monoisotopic (exact) mass is 313 g/mol. The van der Waals surface area contributed by atoms with Gasteiger partial charge in [-0.25, -0.2) is 4.39 Å². The van der Waals surface area contributed by atoms with Gasteiger partial charge in [-0.3, -0.25) is 0 Å². The van der Waals surface area contributed by atoms with E-state index in [9.17, 15) is 4.39 Å². The standard InChI is InChI=1S/C14H16FN3O2.ClH/c15-11-5-1-2-6-12(11)19-9-13-17-14(20-18-13)8-10-4-3-7-16-10;/h1-2,5-6,10,16H,3-4,7-9H2;1H. The Morgan fingerprint density at radius 3 is 3.00 bits per heavy atom. The van der Waals surface area contributed by atoms with Crippen molar-refractivity contribution in [1.82, 2.24) is 15.5 Å². The average Bonchev–Trinajstić information content (AvgIpc) is 3.10. The molecule has 1 aromatic carbocycles. The van der Waals surface area contributed by atoms with Gasteiger partial charge in [-0.15, -0.1) is 12.4 Å². The predicted octanol–water partition coefficient (Wildman–Crippen LogP) is 2.50. The first-order valence-electron chi connectivity index (χ1n) is 6.73. The van der Waals surface area contributed by atoms with E-state index < -0.39 is 5.82 Å². The van der Waals surface area contributed by atoms with Crippen LogP contribution in [0.3, 0.4) is 0 Å². The van der Waals surface area contributed by atoms with Crippen LogP contribution in [0.4, 0.5) is 4.39 Å². The van der Waals surface area contributed by atoms with Crippen LogP contribution in [-0.4, -0.2) is 22.7 Å². The molecule has 1 saturated heterocycles. The number of para-hydroxylation sites is 1.